The van der Waals surface area contributed by atoms with Gasteiger partial charge in [-0.2, -0.15) is 10.5 Å². The third-order valence-electron chi connectivity index (χ3n) is 7.91. The van der Waals surface area contributed by atoms with Crippen LogP contribution in [0.5, 0.6) is 5.75 Å². The first-order valence-electron chi connectivity index (χ1n) is 10.9. The van der Waals surface area contributed by atoms with Crippen molar-refractivity contribution in [3.63, 3.8) is 0 Å². The Balaban J connectivity index is 1.87. The molecule has 1 aromatic heterocycles. The van der Waals surface area contributed by atoms with E-state index in [4.69, 9.17) is 0 Å². The smallest absolute Gasteiger partial charge is 0.141 e. The third-order valence-corrected chi connectivity index (χ3v) is 7.91. The fraction of sp³-hybridized carbons (Fsp3) is 0.696. The van der Waals surface area contributed by atoms with Gasteiger partial charge in [-0.25, -0.2) is 0 Å². The van der Waals surface area contributed by atoms with E-state index in [0.29, 0.717) is 23.4 Å². The summed E-state index contributed by atoms with van der Waals surface area (Å²) in [6.45, 7) is 1.82. The summed E-state index contributed by atoms with van der Waals surface area (Å²) >= 11 is 0. The molecule has 0 bridgehead atoms. The summed E-state index contributed by atoms with van der Waals surface area (Å²) in [5.41, 5.74) is 0.321. The highest BCUT2D eigenvalue weighted by Crippen LogP contribution is 2.56. The number of hydrogen-bond donors (Lipinski definition) is 2. The summed E-state index contributed by atoms with van der Waals surface area (Å²) in [6, 6.07) is 5.34. The van der Waals surface area contributed by atoms with Gasteiger partial charge >= 0.3 is 0 Å². The zero-order valence-electron chi connectivity index (χ0n) is 17.2. The number of aromatic hydroxyl groups is 1. The first-order chi connectivity index (χ1) is 14.0. The normalized spacial score (nSPS) is 34.5. The highest BCUT2D eigenvalue weighted by molar-refractivity contribution is 5.42. The van der Waals surface area contributed by atoms with Crippen LogP contribution in [0.15, 0.2) is 6.20 Å². The van der Waals surface area contributed by atoms with Crippen molar-refractivity contribution in [3.05, 3.63) is 23.0 Å². The fourth-order valence-electron chi connectivity index (χ4n) is 6.34. The van der Waals surface area contributed by atoms with E-state index in [1.54, 1.807) is 13.1 Å². The van der Waals surface area contributed by atoms with E-state index in [9.17, 15) is 20.7 Å². The quantitative estimate of drug-likeness (QED) is 0.810. The SMILES string of the molecule is Cc1ncc(CO)c(CN2[C@]3(C#N)CCCC[C@@H]3C[C@H]3CCCC[C@]32C#N)c1O. The number of fused-ring (bicyclic) bond motifs is 2. The number of likely N-dealkylation sites (tertiary alicyclic amines) is 1. The molecule has 154 valence electrons. The van der Waals surface area contributed by atoms with Gasteiger partial charge in [0.15, 0.2) is 0 Å². The lowest BCUT2D eigenvalue weighted by molar-refractivity contribution is -0.117. The first-order valence-corrected chi connectivity index (χ1v) is 10.9. The Hall–Kier alpha value is -2.15. The van der Waals surface area contributed by atoms with Crippen molar-refractivity contribution in [2.45, 2.75) is 88.9 Å². The van der Waals surface area contributed by atoms with E-state index in [1.165, 1.54) is 0 Å². The van der Waals surface area contributed by atoms with E-state index in [1.807, 2.05) is 0 Å². The largest absolute Gasteiger partial charge is 0.506 e. The Morgan fingerprint density at radius 1 is 1.10 bits per heavy atom. The Morgan fingerprint density at radius 3 is 2.21 bits per heavy atom. The van der Waals surface area contributed by atoms with E-state index in [2.05, 4.69) is 22.0 Å². The minimum Gasteiger partial charge on any atom is -0.506 e. The molecule has 2 N–H and O–H groups in total. The average molecular weight is 395 g/mol. The molecule has 4 atom stereocenters. The van der Waals surface area contributed by atoms with Gasteiger partial charge in [-0.1, -0.05) is 25.7 Å². The van der Waals surface area contributed by atoms with Crippen molar-refractivity contribution < 1.29 is 10.2 Å². The lowest BCUT2D eigenvalue weighted by Gasteiger charge is -2.61. The molecule has 0 aromatic carbocycles. The number of nitrogens with zero attached hydrogens (tertiary/aromatic N) is 4. The molecule has 6 nitrogen and oxygen atoms in total. The first kappa shape index (κ1) is 20.1. The molecular weight excluding hydrogens is 364 g/mol. The minimum atomic E-state index is -0.682. The van der Waals surface area contributed by atoms with Crippen molar-refractivity contribution in [1.82, 2.24) is 9.88 Å². The molecule has 6 heteroatoms. The summed E-state index contributed by atoms with van der Waals surface area (Å²) in [6.07, 6.45) is 10.4. The van der Waals surface area contributed by atoms with Crippen LogP contribution in [0.4, 0.5) is 0 Å². The Labute approximate surface area is 172 Å². The van der Waals surface area contributed by atoms with E-state index >= 15 is 0 Å². The summed E-state index contributed by atoms with van der Waals surface area (Å²) in [5.74, 6) is 0.588. The molecule has 3 aliphatic rings. The predicted octanol–water partition coefficient (Wildman–Crippen LogP) is 3.70. The molecule has 4 rings (SSSR count). The molecule has 2 aliphatic carbocycles. The molecule has 1 aliphatic heterocycles. The standard InChI is InChI=1S/C23H30N4O2/c1-16-21(29)20(17(13-28)11-26-16)12-27-22(14-24)8-4-2-6-18(22)10-19-7-3-5-9-23(19,27)15-25/h11,18-19,28-29H,2-10,12-13H2,1H3/t18-,19-,22+,23+/m1/s1. The van der Waals surface area contributed by atoms with Gasteiger partial charge in [-0.3, -0.25) is 9.88 Å². The second-order valence-electron chi connectivity index (χ2n) is 9.13. The fourth-order valence-corrected chi connectivity index (χ4v) is 6.34. The summed E-state index contributed by atoms with van der Waals surface area (Å²) in [4.78, 5) is 6.34. The van der Waals surface area contributed by atoms with Crippen LogP contribution >= 0.6 is 0 Å². The second kappa shape index (κ2) is 7.59. The predicted molar refractivity (Wildman–Crippen MR) is 107 cm³/mol. The van der Waals surface area contributed by atoms with Gasteiger partial charge < -0.3 is 10.2 Å². The Bertz CT molecular complexity index is 833. The Morgan fingerprint density at radius 2 is 1.69 bits per heavy atom. The topological polar surface area (TPSA) is 104 Å². The van der Waals surface area contributed by atoms with Gasteiger partial charge in [-0.05, 0) is 50.9 Å². The van der Waals surface area contributed by atoms with E-state index in [-0.39, 0.29) is 24.2 Å². The zero-order chi connectivity index (χ0) is 20.6. The second-order valence-corrected chi connectivity index (χ2v) is 9.13. The van der Waals surface area contributed by atoms with Gasteiger partial charge in [0.25, 0.3) is 0 Å². The van der Waals surface area contributed by atoms with Crippen molar-refractivity contribution in [2.24, 2.45) is 11.8 Å². The number of aromatic nitrogens is 1. The van der Waals surface area contributed by atoms with E-state index in [0.717, 1.165) is 57.8 Å². The average Bonchev–Trinajstić information content (AvgIpc) is 2.76. The van der Waals surface area contributed by atoms with Crippen LogP contribution in [-0.2, 0) is 13.2 Å². The molecule has 29 heavy (non-hydrogen) atoms. The van der Waals surface area contributed by atoms with Gasteiger partial charge in [0.1, 0.15) is 16.8 Å². The number of piperidine rings is 1. The lowest BCUT2D eigenvalue weighted by Crippen LogP contribution is -2.70. The zero-order valence-corrected chi connectivity index (χ0v) is 17.2. The maximum Gasteiger partial charge on any atom is 0.141 e. The van der Waals surface area contributed by atoms with Crippen LogP contribution in [0.25, 0.3) is 0 Å². The highest BCUT2D eigenvalue weighted by atomic mass is 16.3. The number of aliphatic hydroxyl groups is 1. The molecule has 0 radical (unpaired) electrons. The third kappa shape index (κ3) is 2.93. The van der Waals surface area contributed by atoms with Crippen molar-refractivity contribution in [3.8, 4) is 17.9 Å². The van der Waals surface area contributed by atoms with Crippen LogP contribution < -0.4 is 0 Å². The van der Waals surface area contributed by atoms with Crippen molar-refractivity contribution >= 4 is 0 Å². The van der Waals surface area contributed by atoms with Gasteiger partial charge in [0.05, 0.1) is 24.4 Å². The summed E-state index contributed by atoms with van der Waals surface area (Å²) < 4.78 is 0. The minimum absolute atomic E-state index is 0.0722. The van der Waals surface area contributed by atoms with Crippen molar-refractivity contribution in [1.29, 1.82) is 10.5 Å². The molecule has 0 unspecified atom stereocenters. The maximum absolute atomic E-state index is 10.8. The van der Waals surface area contributed by atoms with Crippen molar-refractivity contribution in [2.75, 3.05) is 0 Å². The van der Waals surface area contributed by atoms with Crippen LogP contribution in [0.3, 0.4) is 0 Å². The molecule has 2 saturated carbocycles. The summed E-state index contributed by atoms with van der Waals surface area (Å²) in [5, 5.41) is 41.6. The van der Waals surface area contributed by atoms with Crippen LogP contribution in [0, 0.1) is 41.4 Å². The number of nitriles is 2. The Kier molecular flexibility index (Phi) is 5.27. The number of aryl methyl sites for hydroxylation is 1. The monoisotopic (exact) mass is 394 g/mol. The number of pyridine rings is 1. The molecule has 0 amide bonds. The molecular formula is C23H30N4O2. The molecule has 0 spiro atoms. The van der Waals surface area contributed by atoms with Crippen LogP contribution in [0.1, 0.15) is 74.6 Å². The molecule has 2 heterocycles. The number of rotatable bonds is 3. The number of aliphatic hydroxyl groups excluding tert-OH is 1. The maximum atomic E-state index is 10.8. The summed E-state index contributed by atoms with van der Waals surface area (Å²) in [7, 11) is 0. The highest BCUT2D eigenvalue weighted by Gasteiger charge is 2.61. The van der Waals surface area contributed by atoms with Gasteiger partial charge in [0.2, 0.25) is 0 Å². The molecule has 1 saturated heterocycles. The lowest BCUT2D eigenvalue weighted by atomic mass is 9.57. The van der Waals surface area contributed by atoms with E-state index < -0.39 is 11.1 Å². The van der Waals surface area contributed by atoms with Crippen LogP contribution in [0.2, 0.25) is 0 Å². The number of hydrogen-bond acceptors (Lipinski definition) is 6. The molecule has 1 aromatic rings. The molecule has 3 fully saturated rings. The van der Waals surface area contributed by atoms with Gasteiger partial charge in [0, 0.05) is 23.9 Å². The van der Waals surface area contributed by atoms with Gasteiger partial charge in [-0.15, -0.1) is 0 Å². The van der Waals surface area contributed by atoms with Crippen LogP contribution in [-0.4, -0.2) is 31.2 Å².